The van der Waals surface area contributed by atoms with Gasteiger partial charge in [-0.1, -0.05) is 6.07 Å². The molecule has 1 aromatic carbocycles. The van der Waals surface area contributed by atoms with E-state index < -0.39 is 9.84 Å². The smallest absolute Gasteiger partial charge is 0.179 e. The molecule has 0 aromatic heterocycles. The molecule has 1 aromatic rings. The van der Waals surface area contributed by atoms with E-state index in [9.17, 15) is 8.42 Å². The molecule has 5 nitrogen and oxygen atoms in total. The standard InChI is InChI=1S/C15H24N2O3S.ClH/c1-16-13-5-4-8-17(12-13)9-10-21(18,19)15-7-3-6-14(11-15)20-2;/h3,6-7,11,13,16H,4-5,8-10,12H2,1-2H3;1H. The van der Waals surface area contributed by atoms with Gasteiger partial charge in [-0.3, -0.25) is 0 Å². The predicted molar refractivity (Wildman–Crippen MR) is 90.8 cm³/mol. The van der Waals surface area contributed by atoms with Gasteiger partial charge < -0.3 is 15.0 Å². The Hall–Kier alpha value is -0.820. The normalized spacial score (nSPS) is 19.5. The van der Waals surface area contributed by atoms with Crippen LogP contribution in [0.25, 0.3) is 0 Å². The summed E-state index contributed by atoms with van der Waals surface area (Å²) in [7, 11) is 0.240. The number of nitrogens with zero attached hydrogens (tertiary/aromatic N) is 1. The third kappa shape index (κ3) is 5.12. The maximum atomic E-state index is 12.4. The van der Waals surface area contributed by atoms with E-state index in [4.69, 9.17) is 4.74 Å². The van der Waals surface area contributed by atoms with E-state index in [1.807, 2.05) is 7.05 Å². The van der Waals surface area contributed by atoms with E-state index in [1.165, 1.54) is 7.11 Å². The summed E-state index contributed by atoms with van der Waals surface area (Å²) in [6.45, 7) is 2.48. The number of likely N-dealkylation sites (N-methyl/N-ethyl adjacent to an activating group) is 1. The number of nitrogens with one attached hydrogen (secondary N) is 1. The van der Waals surface area contributed by atoms with Crippen LogP contribution in [-0.2, 0) is 9.84 Å². The molecule has 22 heavy (non-hydrogen) atoms. The first kappa shape index (κ1) is 19.2. The van der Waals surface area contributed by atoms with Crippen LogP contribution in [0.4, 0.5) is 0 Å². The molecule has 1 heterocycles. The molecule has 1 fully saturated rings. The van der Waals surface area contributed by atoms with Gasteiger partial charge in [0.25, 0.3) is 0 Å². The average molecular weight is 349 g/mol. The summed E-state index contributed by atoms with van der Waals surface area (Å²) in [6, 6.07) is 7.15. The average Bonchev–Trinajstić information content (AvgIpc) is 2.53. The van der Waals surface area contributed by atoms with Crippen molar-refractivity contribution in [3.8, 4) is 5.75 Å². The number of hydrogen-bond donors (Lipinski definition) is 1. The van der Waals surface area contributed by atoms with E-state index in [-0.39, 0.29) is 18.2 Å². The number of likely N-dealkylation sites (tertiary alicyclic amines) is 1. The maximum absolute atomic E-state index is 12.4. The van der Waals surface area contributed by atoms with Crippen LogP contribution in [-0.4, -0.2) is 58.9 Å². The van der Waals surface area contributed by atoms with Crippen molar-refractivity contribution in [3.05, 3.63) is 24.3 Å². The highest BCUT2D eigenvalue weighted by Crippen LogP contribution is 2.19. The van der Waals surface area contributed by atoms with Crippen molar-refractivity contribution in [1.29, 1.82) is 0 Å². The quantitative estimate of drug-likeness (QED) is 0.845. The lowest BCUT2D eigenvalue weighted by molar-refractivity contribution is 0.205. The highest BCUT2D eigenvalue weighted by atomic mass is 35.5. The molecule has 2 rings (SSSR count). The van der Waals surface area contributed by atoms with Gasteiger partial charge in [-0.05, 0) is 44.6 Å². The molecule has 1 atom stereocenters. The summed E-state index contributed by atoms with van der Waals surface area (Å²) in [5.41, 5.74) is 0. The van der Waals surface area contributed by atoms with E-state index in [0.717, 1.165) is 25.9 Å². The van der Waals surface area contributed by atoms with Gasteiger partial charge in [0.15, 0.2) is 9.84 Å². The molecule has 7 heteroatoms. The second-order valence-corrected chi connectivity index (χ2v) is 7.54. The molecule has 0 bridgehead atoms. The largest absolute Gasteiger partial charge is 0.497 e. The third-order valence-corrected chi connectivity index (χ3v) is 5.68. The van der Waals surface area contributed by atoms with E-state index in [0.29, 0.717) is 23.2 Å². The molecule has 126 valence electrons. The zero-order valence-electron chi connectivity index (χ0n) is 13.1. The zero-order chi connectivity index (χ0) is 15.3. The van der Waals surface area contributed by atoms with Crippen LogP contribution in [0.5, 0.6) is 5.75 Å². The van der Waals surface area contributed by atoms with Crippen LogP contribution in [0.3, 0.4) is 0 Å². The Kier molecular flexibility index (Phi) is 7.62. The Bertz CT molecular complexity index is 566. The topological polar surface area (TPSA) is 58.6 Å². The van der Waals surface area contributed by atoms with Crippen molar-refractivity contribution in [2.24, 2.45) is 0 Å². The van der Waals surface area contributed by atoms with Crippen LogP contribution < -0.4 is 10.1 Å². The highest BCUT2D eigenvalue weighted by Gasteiger charge is 2.21. The Labute approximate surface area is 139 Å². The minimum atomic E-state index is -3.26. The Morgan fingerprint density at radius 2 is 2.18 bits per heavy atom. The van der Waals surface area contributed by atoms with Crippen molar-refractivity contribution >= 4 is 22.2 Å². The summed E-state index contributed by atoms with van der Waals surface area (Å²) < 4.78 is 29.9. The molecule has 1 aliphatic heterocycles. The molecule has 1 unspecified atom stereocenters. The molecule has 0 amide bonds. The predicted octanol–water partition coefficient (Wildman–Crippen LogP) is 1.57. The highest BCUT2D eigenvalue weighted by molar-refractivity contribution is 7.91. The first-order chi connectivity index (χ1) is 10.0. The molecular weight excluding hydrogens is 324 g/mol. The minimum absolute atomic E-state index is 0. The van der Waals surface area contributed by atoms with Gasteiger partial charge in [0.1, 0.15) is 5.75 Å². The van der Waals surface area contributed by atoms with Crippen molar-refractivity contribution < 1.29 is 13.2 Å². The first-order valence-electron chi connectivity index (χ1n) is 7.31. The number of benzene rings is 1. The lowest BCUT2D eigenvalue weighted by atomic mass is 10.1. The van der Waals surface area contributed by atoms with Gasteiger partial charge in [-0.25, -0.2) is 8.42 Å². The molecule has 1 aliphatic rings. The monoisotopic (exact) mass is 348 g/mol. The number of rotatable bonds is 6. The second-order valence-electron chi connectivity index (χ2n) is 5.43. The first-order valence-corrected chi connectivity index (χ1v) is 8.97. The second kappa shape index (κ2) is 8.72. The lowest BCUT2D eigenvalue weighted by Gasteiger charge is -2.32. The Balaban J connectivity index is 0.00000242. The molecule has 1 N–H and O–H groups in total. The van der Waals surface area contributed by atoms with Crippen molar-refractivity contribution in [1.82, 2.24) is 10.2 Å². The van der Waals surface area contributed by atoms with Gasteiger partial charge in [0, 0.05) is 19.1 Å². The Morgan fingerprint density at radius 1 is 1.41 bits per heavy atom. The number of hydrogen-bond acceptors (Lipinski definition) is 5. The number of halogens is 1. The lowest BCUT2D eigenvalue weighted by Crippen LogP contribution is -2.45. The molecule has 1 saturated heterocycles. The van der Waals surface area contributed by atoms with Crippen molar-refractivity contribution in [3.63, 3.8) is 0 Å². The third-order valence-electron chi connectivity index (χ3n) is 3.99. The van der Waals surface area contributed by atoms with E-state index >= 15 is 0 Å². The van der Waals surface area contributed by atoms with Gasteiger partial charge in [-0.2, -0.15) is 0 Å². The van der Waals surface area contributed by atoms with Crippen LogP contribution in [0.15, 0.2) is 29.2 Å². The summed E-state index contributed by atoms with van der Waals surface area (Å²) in [5.74, 6) is 0.723. The van der Waals surface area contributed by atoms with Crippen molar-refractivity contribution in [2.45, 2.75) is 23.8 Å². The zero-order valence-corrected chi connectivity index (χ0v) is 14.8. The maximum Gasteiger partial charge on any atom is 0.179 e. The SMILES string of the molecule is CNC1CCCN(CCS(=O)(=O)c2cccc(OC)c2)C1.Cl. The molecule has 0 radical (unpaired) electrons. The fourth-order valence-corrected chi connectivity index (χ4v) is 3.97. The number of methoxy groups -OCH3 is 1. The van der Waals surface area contributed by atoms with Gasteiger partial charge in [-0.15, -0.1) is 12.4 Å². The minimum Gasteiger partial charge on any atom is -0.497 e. The summed E-state index contributed by atoms with van der Waals surface area (Å²) >= 11 is 0. The summed E-state index contributed by atoms with van der Waals surface area (Å²) in [5, 5.41) is 3.27. The summed E-state index contributed by atoms with van der Waals surface area (Å²) in [6.07, 6.45) is 2.28. The molecule has 0 saturated carbocycles. The molecule has 0 spiro atoms. The number of sulfone groups is 1. The van der Waals surface area contributed by atoms with Crippen LogP contribution in [0.2, 0.25) is 0 Å². The van der Waals surface area contributed by atoms with Crippen LogP contribution >= 0.6 is 12.4 Å². The van der Waals surface area contributed by atoms with Gasteiger partial charge >= 0.3 is 0 Å². The van der Waals surface area contributed by atoms with E-state index in [2.05, 4.69) is 10.2 Å². The fourth-order valence-electron chi connectivity index (χ4n) is 2.66. The molecular formula is C15H25ClN2O3S. The number of piperidine rings is 1. The van der Waals surface area contributed by atoms with Crippen molar-refractivity contribution in [2.75, 3.05) is 39.5 Å². The number of ether oxygens (including phenoxy) is 1. The van der Waals surface area contributed by atoms with Crippen LogP contribution in [0, 0.1) is 0 Å². The fraction of sp³-hybridized carbons (Fsp3) is 0.600. The van der Waals surface area contributed by atoms with Gasteiger partial charge in [0.05, 0.1) is 17.8 Å². The molecule has 0 aliphatic carbocycles. The van der Waals surface area contributed by atoms with Crippen LogP contribution in [0.1, 0.15) is 12.8 Å². The summed E-state index contributed by atoms with van der Waals surface area (Å²) in [4.78, 5) is 2.56. The Morgan fingerprint density at radius 3 is 2.86 bits per heavy atom. The van der Waals surface area contributed by atoms with Gasteiger partial charge in [0.2, 0.25) is 0 Å². The van der Waals surface area contributed by atoms with E-state index in [1.54, 1.807) is 24.3 Å².